The van der Waals surface area contributed by atoms with Crippen molar-refractivity contribution in [2.75, 3.05) is 20.1 Å². The van der Waals surface area contributed by atoms with Gasteiger partial charge in [-0.2, -0.15) is 0 Å². The van der Waals surface area contributed by atoms with Crippen LogP contribution in [-0.2, 0) is 20.8 Å². The highest BCUT2D eigenvalue weighted by Crippen LogP contribution is 2.31. The molecule has 2 aromatic rings. The summed E-state index contributed by atoms with van der Waals surface area (Å²) in [6, 6.07) is 6.39. The molecule has 2 fully saturated rings. The van der Waals surface area contributed by atoms with E-state index in [-0.39, 0.29) is 30.1 Å². The van der Waals surface area contributed by atoms with Gasteiger partial charge in [-0.05, 0) is 81.8 Å². The van der Waals surface area contributed by atoms with E-state index in [0.29, 0.717) is 43.3 Å². The lowest BCUT2D eigenvalue weighted by Gasteiger charge is -2.33. The van der Waals surface area contributed by atoms with Crippen LogP contribution in [0.1, 0.15) is 108 Å². The number of Topliss-reactive ketones (excluding diaryl/α,β-unsaturated/α-hetero) is 2. The molecule has 1 aromatic carbocycles. The Morgan fingerprint density at radius 2 is 1.80 bits per heavy atom. The largest absolute Gasteiger partial charge is 0.353 e. The smallest absolute Gasteiger partial charge is 0.224 e. The first kappa shape index (κ1) is 30.8. The number of carbonyl (C=O) groups is 3. The first-order valence-electron chi connectivity index (χ1n) is 15.7. The molecule has 0 spiro atoms. The minimum absolute atomic E-state index is 0.00814. The van der Waals surface area contributed by atoms with Crippen LogP contribution in [0.4, 0.5) is 0 Å². The van der Waals surface area contributed by atoms with Crippen molar-refractivity contribution in [1.29, 1.82) is 0 Å². The fraction of sp³-hybridized carbons (Fsp3) is 0.697. The number of nitrogens with one attached hydrogen (secondary N) is 1. The predicted molar refractivity (Wildman–Crippen MR) is 164 cm³/mol. The van der Waals surface area contributed by atoms with Gasteiger partial charge in [-0.1, -0.05) is 46.1 Å². The van der Waals surface area contributed by atoms with E-state index in [9.17, 15) is 14.4 Å². The highest BCUT2D eigenvalue weighted by Gasteiger charge is 2.31. The van der Waals surface area contributed by atoms with Gasteiger partial charge in [0, 0.05) is 37.6 Å². The van der Waals surface area contributed by atoms with E-state index in [2.05, 4.69) is 49.3 Å². The number of rotatable bonds is 13. The van der Waals surface area contributed by atoms with E-state index < -0.39 is 5.92 Å². The van der Waals surface area contributed by atoms with E-state index in [0.717, 1.165) is 54.0 Å². The number of hydrogen-bond acceptors (Lipinski definition) is 6. The van der Waals surface area contributed by atoms with Gasteiger partial charge in [-0.3, -0.25) is 14.4 Å². The Morgan fingerprint density at radius 1 is 1.07 bits per heavy atom. The minimum atomic E-state index is -0.437. The van der Waals surface area contributed by atoms with Gasteiger partial charge in [-0.25, -0.2) is 4.98 Å². The van der Waals surface area contributed by atoms with E-state index in [4.69, 9.17) is 4.98 Å². The molecule has 2 aliphatic rings. The fourth-order valence-corrected chi connectivity index (χ4v) is 7.51. The van der Waals surface area contributed by atoms with Crippen molar-refractivity contribution in [1.82, 2.24) is 15.2 Å². The molecule has 7 heteroatoms. The van der Waals surface area contributed by atoms with Crippen LogP contribution in [0.3, 0.4) is 0 Å². The molecule has 0 unspecified atom stereocenters. The van der Waals surface area contributed by atoms with Gasteiger partial charge in [0.05, 0.1) is 21.1 Å². The number of nitrogens with zero attached hydrogens (tertiary/aromatic N) is 2. The van der Waals surface area contributed by atoms with Crippen LogP contribution >= 0.6 is 11.3 Å². The van der Waals surface area contributed by atoms with Crippen molar-refractivity contribution >= 4 is 39.0 Å². The van der Waals surface area contributed by atoms with Gasteiger partial charge in [0.1, 0.15) is 11.6 Å². The second kappa shape index (κ2) is 14.7. The Bertz CT molecular complexity index is 1150. The Labute approximate surface area is 244 Å². The van der Waals surface area contributed by atoms with Crippen molar-refractivity contribution in [2.24, 2.45) is 17.8 Å². The second-order valence-corrected chi connectivity index (χ2v) is 13.7. The molecule has 0 radical (unpaired) electrons. The summed E-state index contributed by atoms with van der Waals surface area (Å²) in [4.78, 5) is 46.6. The molecule has 1 amide bonds. The summed E-state index contributed by atoms with van der Waals surface area (Å²) < 4.78 is 1.13. The van der Waals surface area contributed by atoms with Gasteiger partial charge in [0.15, 0.2) is 0 Å². The zero-order valence-corrected chi connectivity index (χ0v) is 25.9. The number of benzene rings is 1. The van der Waals surface area contributed by atoms with Crippen molar-refractivity contribution in [3.8, 4) is 0 Å². The van der Waals surface area contributed by atoms with E-state index in [1.807, 2.05) is 6.92 Å². The third-order valence-electron chi connectivity index (χ3n) is 9.21. The molecule has 1 saturated heterocycles. The Morgan fingerprint density at radius 3 is 2.48 bits per heavy atom. The fourth-order valence-electron chi connectivity index (χ4n) is 6.42. The lowest BCUT2D eigenvalue weighted by atomic mass is 9.80. The summed E-state index contributed by atoms with van der Waals surface area (Å²) in [5.74, 6) is 0.982. The van der Waals surface area contributed by atoms with Crippen molar-refractivity contribution in [3.63, 3.8) is 0 Å². The normalized spacial score (nSPS) is 19.1. The zero-order valence-electron chi connectivity index (χ0n) is 25.0. The molecule has 1 aliphatic carbocycles. The van der Waals surface area contributed by atoms with E-state index in [1.165, 1.54) is 24.8 Å². The maximum Gasteiger partial charge on any atom is 0.224 e. The summed E-state index contributed by atoms with van der Waals surface area (Å²) in [5, 5.41) is 4.29. The van der Waals surface area contributed by atoms with Crippen LogP contribution in [0, 0.1) is 17.8 Å². The summed E-state index contributed by atoms with van der Waals surface area (Å²) in [6.07, 6.45) is 10.1. The van der Waals surface area contributed by atoms with Gasteiger partial charge in [0.2, 0.25) is 5.91 Å². The molecule has 220 valence electrons. The number of aromatic nitrogens is 1. The number of piperidine rings is 1. The predicted octanol–water partition coefficient (Wildman–Crippen LogP) is 6.70. The zero-order chi connectivity index (χ0) is 28.6. The van der Waals surface area contributed by atoms with E-state index >= 15 is 0 Å². The van der Waals surface area contributed by atoms with Gasteiger partial charge >= 0.3 is 0 Å². The number of ketones is 2. The van der Waals surface area contributed by atoms with Gasteiger partial charge in [-0.15, -0.1) is 11.3 Å². The summed E-state index contributed by atoms with van der Waals surface area (Å²) >= 11 is 1.64. The number of amides is 1. The molecule has 1 N–H and O–H groups in total. The van der Waals surface area contributed by atoms with Crippen LogP contribution in [-0.4, -0.2) is 53.5 Å². The first-order valence-corrected chi connectivity index (χ1v) is 16.5. The molecule has 40 heavy (non-hydrogen) atoms. The third-order valence-corrected chi connectivity index (χ3v) is 10.2. The second-order valence-electron chi connectivity index (χ2n) is 12.6. The number of fused-ring (bicyclic) bond motifs is 1. The average Bonchev–Trinajstić information content (AvgIpc) is 3.37. The molecular weight excluding hydrogens is 518 g/mol. The number of likely N-dealkylation sites (tertiary alicyclic amines) is 1. The molecule has 1 aliphatic heterocycles. The topological polar surface area (TPSA) is 79.4 Å². The lowest BCUT2D eigenvalue weighted by molar-refractivity contribution is -0.130. The van der Waals surface area contributed by atoms with Crippen LogP contribution in [0.2, 0.25) is 0 Å². The summed E-state index contributed by atoms with van der Waals surface area (Å²) in [5.41, 5.74) is 2.24. The van der Waals surface area contributed by atoms with Crippen molar-refractivity contribution in [3.05, 3.63) is 28.8 Å². The SMILES string of the molecule is CCC(=O)C[C@H](Cc1nc2ccc(C(C)C)cc2s1)C(=O)N[C@@H](CCC(=O)C1CCN(C)CC1)C1CCCCC1. The van der Waals surface area contributed by atoms with Crippen LogP contribution < -0.4 is 5.32 Å². The number of hydrogen-bond donors (Lipinski definition) is 1. The molecule has 1 aromatic heterocycles. The molecule has 2 heterocycles. The summed E-state index contributed by atoms with van der Waals surface area (Å²) in [6.45, 7) is 8.20. The molecular formula is C33H49N3O3S. The molecule has 1 saturated carbocycles. The molecule has 2 atom stereocenters. The van der Waals surface area contributed by atoms with Crippen molar-refractivity contribution < 1.29 is 14.4 Å². The molecule has 6 nitrogen and oxygen atoms in total. The van der Waals surface area contributed by atoms with Crippen LogP contribution in [0.5, 0.6) is 0 Å². The van der Waals surface area contributed by atoms with E-state index in [1.54, 1.807) is 11.3 Å². The minimum Gasteiger partial charge on any atom is -0.353 e. The lowest BCUT2D eigenvalue weighted by Crippen LogP contribution is -2.45. The van der Waals surface area contributed by atoms with Gasteiger partial charge in [0.25, 0.3) is 0 Å². The number of thiazole rings is 1. The highest BCUT2D eigenvalue weighted by atomic mass is 32.1. The van der Waals surface area contributed by atoms with Gasteiger partial charge < -0.3 is 10.2 Å². The quantitative estimate of drug-likeness (QED) is 0.291. The Balaban J connectivity index is 1.46. The third kappa shape index (κ3) is 8.45. The maximum absolute atomic E-state index is 13.8. The molecule has 0 bridgehead atoms. The Hall–Kier alpha value is -2.12. The summed E-state index contributed by atoms with van der Waals surface area (Å²) in [7, 11) is 2.12. The first-order chi connectivity index (χ1) is 19.2. The average molecular weight is 568 g/mol. The molecule has 4 rings (SSSR count). The highest BCUT2D eigenvalue weighted by molar-refractivity contribution is 7.18. The standard InChI is InChI=1S/C33H49N3O3S/c1-5-27(37)19-26(21-32-34-29-12-11-25(22(2)3)20-31(29)40-32)33(39)35-28(23-9-7-6-8-10-23)13-14-30(38)24-15-17-36(4)18-16-24/h11-12,20,22-24,26,28H,5-10,13-19,21H2,1-4H3,(H,35,39)/t26-,28+/m1/s1. The number of carbonyl (C=O) groups excluding carboxylic acids is 3. The monoisotopic (exact) mass is 567 g/mol. The Kier molecular flexibility index (Phi) is 11.3. The van der Waals surface area contributed by atoms with Crippen molar-refractivity contribution in [2.45, 2.75) is 110 Å². The maximum atomic E-state index is 13.8. The van der Waals surface area contributed by atoms with Crippen LogP contribution in [0.25, 0.3) is 10.2 Å². The van der Waals surface area contributed by atoms with Crippen LogP contribution in [0.15, 0.2) is 18.2 Å².